The molecule has 3 nitrogen and oxygen atoms in total. The lowest BCUT2D eigenvalue weighted by Gasteiger charge is -2.22. The van der Waals surface area contributed by atoms with Gasteiger partial charge in [0.2, 0.25) is 0 Å². The van der Waals surface area contributed by atoms with E-state index in [9.17, 15) is 4.79 Å². The Morgan fingerprint density at radius 2 is 2.07 bits per heavy atom. The van der Waals surface area contributed by atoms with Gasteiger partial charge in [-0.3, -0.25) is 4.79 Å². The molecule has 0 radical (unpaired) electrons. The number of carbonyl (C=O) groups excluding carboxylic acids is 1. The molecule has 0 saturated heterocycles. The van der Waals surface area contributed by atoms with Crippen LogP contribution in [-0.4, -0.2) is 37.2 Å². The summed E-state index contributed by atoms with van der Waals surface area (Å²) in [6, 6.07) is 0. The van der Waals surface area contributed by atoms with Crippen molar-refractivity contribution in [3.8, 4) is 0 Å². The molecule has 0 aromatic rings. The van der Waals surface area contributed by atoms with Crippen LogP contribution in [-0.2, 0) is 9.53 Å². The van der Waals surface area contributed by atoms with Crippen molar-refractivity contribution in [3.63, 3.8) is 0 Å². The van der Waals surface area contributed by atoms with Crippen LogP contribution in [0.1, 0.15) is 26.7 Å². The summed E-state index contributed by atoms with van der Waals surface area (Å²) in [5.74, 6) is 0.975. The van der Waals surface area contributed by atoms with E-state index in [1.54, 1.807) is 0 Å². The van der Waals surface area contributed by atoms with Crippen LogP contribution in [0.15, 0.2) is 0 Å². The SMILES string of the molecule is COC(=O)C(C)(C)NCCCCSC. The van der Waals surface area contributed by atoms with Crippen molar-refractivity contribution in [2.45, 2.75) is 32.2 Å². The van der Waals surface area contributed by atoms with E-state index in [-0.39, 0.29) is 5.97 Å². The van der Waals surface area contributed by atoms with Crippen molar-refractivity contribution in [3.05, 3.63) is 0 Å². The lowest BCUT2D eigenvalue weighted by Crippen LogP contribution is -2.47. The van der Waals surface area contributed by atoms with E-state index < -0.39 is 5.54 Å². The number of esters is 1. The zero-order valence-corrected chi connectivity index (χ0v) is 10.4. The van der Waals surface area contributed by atoms with Gasteiger partial charge < -0.3 is 10.1 Å². The normalized spacial score (nSPS) is 11.4. The van der Waals surface area contributed by atoms with Gasteiger partial charge in [0.1, 0.15) is 5.54 Å². The van der Waals surface area contributed by atoms with Crippen molar-refractivity contribution in [1.29, 1.82) is 0 Å². The average Bonchev–Trinajstić information content (AvgIpc) is 2.16. The number of hydrogen-bond acceptors (Lipinski definition) is 4. The quantitative estimate of drug-likeness (QED) is 0.522. The van der Waals surface area contributed by atoms with Crippen molar-refractivity contribution < 1.29 is 9.53 Å². The fourth-order valence-electron chi connectivity index (χ4n) is 1.10. The maximum absolute atomic E-state index is 11.3. The largest absolute Gasteiger partial charge is 0.468 e. The van der Waals surface area contributed by atoms with Crippen LogP contribution in [0.4, 0.5) is 0 Å². The van der Waals surface area contributed by atoms with Gasteiger partial charge in [-0.1, -0.05) is 0 Å². The van der Waals surface area contributed by atoms with Gasteiger partial charge in [0, 0.05) is 0 Å². The Balaban J connectivity index is 3.60. The maximum atomic E-state index is 11.3. The molecule has 0 amide bonds. The van der Waals surface area contributed by atoms with Gasteiger partial charge in [0.15, 0.2) is 0 Å². The summed E-state index contributed by atoms with van der Waals surface area (Å²) in [6.07, 6.45) is 4.39. The van der Waals surface area contributed by atoms with Gasteiger partial charge in [0.25, 0.3) is 0 Å². The second-order valence-corrected chi connectivity index (χ2v) is 4.73. The van der Waals surface area contributed by atoms with Gasteiger partial charge in [-0.25, -0.2) is 0 Å². The van der Waals surface area contributed by atoms with E-state index in [4.69, 9.17) is 0 Å². The zero-order valence-electron chi connectivity index (χ0n) is 9.55. The Hall–Kier alpha value is -0.220. The van der Waals surface area contributed by atoms with Crippen LogP contribution in [0, 0.1) is 0 Å². The molecule has 4 heteroatoms. The monoisotopic (exact) mass is 219 g/mol. The summed E-state index contributed by atoms with van der Waals surface area (Å²) in [5.41, 5.74) is -0.561. The molecule has 0 aromatic carbocycles. The summed E-state index contributed by atoms with van der Waals surface area (Å²) in [6.45, 7) is 4.55. The Morgan fingerprint density at radius 1 is 1.43 bits per heavy atom. The molecule has 0 bridgehead atoms. The van der Waals surface area contributed by atoms with Crippen LogP contribution in [0.2, 0.25) is 0 Å². The Bertz CT molecular complexity index is 172. The molecular formula is C10H21NO2S. The van der Waals surface area contributed by atoms with Gasteiger partial charge in [-0.15, -0.1) is 0 Å². The predicted molar refractivity (Wildman–Crippen MR) is 61.7 cm³/mol. The van der Waals surface area contributed by atoms with Crippen LogP contribution in [0.3, 0.4) is 0 Å². The first-order valence-electron chi connectivity index (χ1n) is 4.87. The summed E-state index contributed by atoms with van der Waals surface area (Å²) in [4.78, 5) is 11.3. The first-order chi connectivity index (χ1) is 6.54. The number of thioether (sulfide) groups is 1. The Labute approximate surface area is 91.0 Å². The third-order valence-corrected chi connectivity index (χ3v) is 2.73. The molecule has 0 saturated carbocycles. The van der Waals surface area contributed by atoms with E-state index in [0.29, 0.717) is 0 Å². The molecule has 0 spiro atoms. The minimum Gasteiger partial charge on any atom is -0.468 e. The van der Waals surface area contributed by atoms with Crippen LogP contribution in [0.5, 0.6) is 0 Å². The summed E-state index contributed by atoms with van der Waals surface area (Å²) < 4.78 is 4.69. The minimum atomic E-state index is -0.561. The lowest BCUT2D eigenvalue weighted by atomic mass is 10.1. The van der Waals surface area contributed by atoms with Crippen molar-refractivity contribution in [1.82, 2.24) is 5.32 Å². The molecule has 84 valence electrons. The molecule has 0 aliphatic heterocycles. The number of methoxy groups -OCH3 is 1. The van der Waals surface area contributed by atoms with Crippen LogP contribution < -0.4 is 5.32 Å². The first-order valence-corrected chi connectivity index (χ1v) is 6.26. The van der Waals surface area contributed by atoms with E-state index >= 15 is 0 Å². The maximum Gasteiger partial charge on any atom is 0.325 e. The average molecular weight is 219 g/mol. The van der Waals surface area contributed by atoms with Gasteiger partial charge in [0.05, 0.1) is 7.11 Å². The number of unbranched alkanes of at least 4 members (excludes halogenated alkanes) is 1. The van der Waals surface area contributed by atoms with E-state index in [2.05, 4.69) is 16.3 Å². The third-order valence-electron chi connectivity index (χ3n) is 2.04. The van der Waals surface area contributed by atoms with E-state index in [0.717, 1.165) is 13.0 Å². The summed E-state index contributed by atoms with van der Waals surface area (Å²) in [5, 5.41) is 3.18. The van der Waals surface area contributed by atoms with Gasteiger partial charge in [-0.05, 0) is 45.2 Å². The number of ether oxygens (including phenoxy) is 1. The van der Waals surface area contributed by atoms with Crippen molar-refractivity contribution in [2.75, 3.05) is 25.7 Å². The standard InChI is InChI=1S/C10H21NO2S/c1-10(2,9(12)13-3)11-7-5-6-8-14-4/h11H,5-8H2,1-4H3. The number of rotatable bonds is 7. The second-order valence-electron chi connectivity index (χ2n) is 3.74. The van der Waals surface area contributed by atoms with E-state index in [1.807, 2.05) is 25.6 Å². The highest BCUT2D eigenvalue weighted by Crippen LogP contribution is 2.05. The van der Waals surface area contributed by atoms with Crippen molar-refractivity contribution >= 4 is 17.7 Å². The molecule has 0 heterocycles. The molecule has 0 unspecified atom stereocenters. The fourth-order valence-corrected chi connectivity index (χ4v) is 1.59. The molecule has 0 aliphatic carbocycles. The highest BCUT2D eigenvalue weighted by molar-refractivity contribution is 7.98. The molecular weight excluding hydrogens is 198 g/mol. The smallest absolute Gasteiger partial charge is 0.325 e. The molecule has 0 fully saturated rings. The van der Waals surface area contributed by atoms with Crippen LogP contribution in [0.25, 0.3) is 0 Å². The fraction of sp³-hybridized carbons (Fsp3) is 0.900. The van der Waals surface area contributed by atoms with Crippen LogP contribution >= 0.6 is 11.8 Å². The summed E-state index contributed by atoms with van der Waals surface area (Å²) >= 11 is 1.85. The third kappa shape index (κ3) is 5.50. The Kier molecular flexibility index (Phi) is 7.01. The summed E-state index contributed by atoms with van der Waals surface area (Å²) in [7, 11) is 1.42. The highest BCUT2D eigenvalue weighted by Gasteiger charge is 2.27. The molecule has 14 heavy (non-hydrogen) atoms. The topological polar surface area (TPSA) is 38.3 Å². The predicted octanol–water partition coefficient (Wildman–Crippen LogP) is 1.67. The molecule has 0 aromatic heterocycles. The number of hydrogen-bond donors (Lipinski definition) is 1. The Morgan fingerprint density at radius 3 is 2.57 bits per heavy atom. The zero-order chi connectivity index (χ0) is 11.0. The molecule has 0 rings (SSSR count). The lowest BCUT2D eigenvalue weighted by molar-refractivity contribution is -0.147. The minimum absolute atomic E-state index is 0.206. The molecule has 0 atom stereocenters. The van der Waals surface area contributed by atoms with E-state index in [1.165, 1.54) is 19.3 Å². The second kappa shape index (κ2) is 7.12. The number of carbonyl (C=O) groups is 1. The molecule has 0 aliphatic rings. The highest BCUT2D eigenvalue weighted by atomic mass is 32.2. The first kappa shape index (κ1) is 13.8. The van der Waals surface area contributed by atoms with Gasteiger partial charge >= 0.3 is 5.97 Å². The number of nitrogens with one attached hydrogen (secondary N) is 1. The van der Waals surface area contributed by atoms with Crippen molar-refractivity contribution in [2.24, 2.45) is 0 Å². The van der Waals surface area contributed by atoms with Gasteiger partial charge in [-0.2, -0.15) is 11.8 Å². The molecule has 1 N–H and O–H groups in total.